The Hall–Kier alpha value is -4.35. The monoisotopic (exact) mass is 568 g/mol. The van der Waals surface area contributed by atoms with Crippen LogP contribution in [-0.4, -0.2) is 59.5 Å². The number of fused-ring (bicyclic) bond motifs is 2. The van der Waals surface area contributed by atoms with Gasteiger partial charge in [-0.2, -0.15) is 15.3 Å². The third kappa shape index (κ3) is 4.99. The summed E-state index contributed by atoms with van der Waals surface area (Å²) in [5.74, 6) is 0.0741. The van der Waals surface area contributed by atoms with Crippen LogP contribution in [0.15, 0.2) is 64.3 Å². The lowest BCUT2D eigenvalue weighted by molar-refractivity contribution is 0.222. The number of aryl methyl sites for hydroxylation is 1. The number of hydrogen-bond donors (Lipinski definition) is 2. The van der Waals surface area contributed by atoms with Gasteiger partial charge in [-0.05, 0) is 41.8 Å². The van der Waals surface area contributed by atoms with E-state index in [9.17, 15) is 14.7 Å². The second-order valence-corrected chi connectivity index (χ2v) is 12.2. The Bertz CT molecular complexity index is 1860. The number of anilines is 2. The molecule has 42 heavy (non-hydrogen) atoms. The van der Waals surface area contributed by atoms with Crippen molar-refractivity contribution in [2.45, 2.75) is 45.3 Å². The van der Waals surface area contributed by atoms with Crippen molar-refractivity contribution in [3.63, 3.8) is 0 Å². The first kappa shape index (κ1) is 27.8. The number of nitrogens with zero attached hydrogens (tertiary/aromatic N) is 7. The van der Waals surface area contributed by atoms with Gasteiger partial charge in [-0.1, -0.05) is 45.1 Å². The molecule has 2 atom stereocenters. The SMILES string of the molecule is CN1CCn2nc(Nc3cc(C4=CC=CC(n5ncc6cc(C(C)(C)C)ccc6c5=O)C4CO)nn(C)c3=O)cc2C1. The molecule has 11 heteroatoms. The molecular weight excluding hydrogens is 532 g/mol. The van der Waals surface area contributed by atoms with Crippen molar-refractivity contribution in [2.24, 2.45) is 13.0 Å². The Morgan fingerprint density at radius 2 is 1.86 bits per heavy atom. The Labute approximate surface area is 243 Å². The largest absolute Gasteiger partial charge is 0.396 e. The number of likely N-dealkylation sites (N-methyl/N-ethyl adjacent to an activating group) is 1. The van der Waals surface area contributed by atoms with Crippen LogP contribution in [0.2, 0.25) is 0 Å². The van der Waals surface area contributed by atoms with E-state index in [-0.39, 0.29) is 23.1 Å². The standard InChI is InChI=1S/C31H36N8O3/c1-31(2,3)20-9-10-22-19(13-20)16-32-39(29(22)41)27-8-6-7-23(24(27)18-40)25-15-26(30(42)37(5)34-25)33-28-14-21-17-36(4)11-12-38(21)35-28/h6-10,13-16,24,27,40H,11-12,17-18H2,1-5H3,(H,33,35). The molecular formula is C31H36N8O3. The van der Waals surface area contributed by atoms with Gasteiger partial charge in [0.2, 0.25) is 0 Å². The first-order valence-corrected chi connectivity index (χ1v) is 14.2. The highest BCUT2D eigenvalue weighted by Crippen LogP contribution is 2.35. The summed E-state index contributed by atoms with van der Waals surface area (Å²) >= 11 is 0. The molecule has 0 spiro atoms. The molecule has 1 aliphatic heterocycles. The lowest BCUT2D eigenvalue weighted by atomic mass is 9.85. The summed E-state index contributed by atoms with van der Waals surface area (Å²) in [5, 5.41) is 28.8. The number of allylic oxidation sites excluding steroid dienone is 3. The van der Waals surface area contributed by atoms with Crippen LogP contribution >= 0.6 is 0 Å². The zero-order chi connectivity index (χ0) is 29.8. The maximum absolute atomic E-state index is 13.6. The van der Waals surface area contributed by atoms with E-state index < -0.39 is 12.0 Å². The van der Waals surface area contributed by atoms with Crippen LogP contribution in [0.1, 0.15) is 43.8 Å². The molecule has 0 saturated carbocycles. The van der Waals surface area contributed by atoms with Crippen LogP contribution in [0.5, 0.6) is 0 Å². The van der Waals surface area contributed by atoms with Gasteiger partial charge in [0, 0.05) is 37.5 Å². The molecule has 6 rings (SSSR count). The highest BCUT2D eigenvalue weighted by molar-refractivity contribution is 5.81. The van der Waals surface area contributed by atoms with Crippen molar-refractivity contribution in [3.05, 3.63) is 92.4 Å². The minimum Gasteiger partial charge on any atom is -0.396 e. The van der Waals surface area contributed by atoms with Gasteiger partial charge in [-0.15, -0.1) is 0 Å². The maximum Gasteiger partial charge on any atom is 0.290 e. The quantitative estimate of drug-likeness (QED) is 0.377. The van der Waals surface area contributed by atoms with Gasteiger partial charge >= 0.3 is 0 Å². The molecule has 0 saturated heterocycles. The zero-order valence-electron chi connectivity index (χ0n) is 24.6. The molecule has 2 N–H and O–H groups in total. The van der Waals surface area contributed by atoms with Crippen molar-refractivity contribution in [1.82, 2.24) is 34.2 Å². The minimum absolute atomic E-state index is 0.0544. The highest BCUT2D eigenvalue weighted by atomic mass is 16.3. The fraction of sp³-hybridized carbons (Fsp3) is 0.387. The third-order valence-corrected chi connectivity index (χ3v) is 8.16. The van der Waals surface area contributed by atoms with Gasteiger partial charge in [-0.25, -0.2) is 9.36 Å². The van der Waals surface area contributed by atoms with Crippen molar-refractivity contribution >= 4 is 27.9 Å². The Morgan fingerprint density at radius 3 is 2.62 bits per heavy atom. The first-order valence-electron chi connectivity index (χ1n) is 14.2. The molecule has 3 aromatic heterocycles. The topological polar surface area (TPSA) is 123 Å². The fourth-order valence-corrected chi connectivity index (χ4v) is 5.73. The Kier molecular flexibility index (Phi) is 6.94. The molecule has 0 radical (unpaired) electrons. The minimum atomic E-state index is -0.540. The maximum atomic E-state index is 13.6. The molecule has 1 aliphatic carbocycles. The average Bonchev–Trinajstić information content (AvgIpc) is 3.36. The van der Waals surface area contributed by atoms with E-state index in [2.05, 4.69) is 53.3 Å². The van der Waals surface area contributed by atoms with E-state index in [1.807, 2.05) is 47.2 Å². The smallest absolute Gasteiger partial charge is 0.290 e. The van der Waals surface area contributed by atoms with Crippen LogP contribution in [0, 0.1) is 5.92 Å². The van der Waals surface area contributed by atoms with Crippen LogP contribution < -0.4 is 16.4 Å². The van der Waals surface area contributed by atoms with Gasteiger partial charge < -0.3 is 10.4 Å². The van der Waals surface area contributed by atoms with Crippen LogP contribution in [0.3, 0.4) is 0 Å². The lowest BCUT2D eigenvalue weighted by Crippen LogP contribution is -2.34. The van der Waals surface area contributed by atoms with E-state index in [4.69, 9.17) is 0 Å². The second-order valence-electron chi connectivity index (χ2n) is 12.2. The summed E-state index contributed by atoms with van der Waals surface area (Å²) in [6, 6.07) is 8.94. The second kappa shape index (κ2) is 10.5. The number of aliphatic hydroxyl groups excluding tert-OH is 1. The molecule has 4 aromatic rings. The third-order valence-electron chi connectivity index (χ3n) is 8.16. The van der Waals surface area contributed by atoms with Gasteiger partial charge in [-0.3, -0.25) is 19.2 Å². The van der Waals surface area contributed by atoms with Crippen molar-refractivity contribution in [3.8, 4) is 0 Å². The molecule has 218 valence electrons. The van der Waals surface area contributed by atoms with Crippen molar-refractivity contribution in [2.75, 3.05) is 25.5 Å². The molecule has 2 unspecified atom stereocenters. The molecule has 2 aliphatic rings. The first-order chi connectivity index (χ1) is 20.0. The van der Waals surface area contributed by atoms with Crippen LogP contribution in [0.4, 0.5) is 11.5 Å². The van der Waals surface area contributed by atoms with Crippen LogP contribution in [0.25, 0.3) is 16.3 Å². The van der Waals surface area contributed by atoms with Gasteiger partial charge in [0.1, 0.15) is 5.69 Å². The fourth-order valence-electron chi connectivity index (χ4n) is 5.73. The van der Waals surface area contributed by atoms with Crippen molar-refractivity contribution in [1.29, 1.82) is 0 Å². The van der Waals surface area contributed by atoms with Gasteiger partial charge in [0.05, 0.1) is 42.2 Å². The zero-order valence-corrected chi connectivity index (χ0v) is 24.6. The van der Waals surface area contributed by atoms with Crippen molar-refractivity contribution < 1.29 is 5.11 Å². The molecule has 4 heterocycles. The van der Waals surface area contributed by atoms with Gasteiger partial charge in [0.25, 0.3) is 11.1 Å². The number of rotatable bonds is 5. The predicted molar refractivity (Wildman–Crippen MR) is 163 cm³/mol. The van der Waals surface area contributed by atoms with E-state index >= 15 is 0 Å². The number of aromatic nitrogens is 6. The Morgan fingerprint density at radius 1 is 1.05 bits per heavy atom. The summed E-state index contributed by atoms with van der Waals surface area (Å²) in [4.78, 5) is 28.9. The van der Waals surface area contributed by atoms with E-state index in [0.29, 0.717) is 28.2 Å². The molecule has 0 fully saturated rings. The number of hydrogen-bond acceptors (Lipinski definition) is 8. The number of aliphatic hydroxyl groups is 1. The summed E-state index contributed by atoms with van der Waals surface area (Å²) in [5.41, 5.74) is 3.15. The number of benzene rings is 1. The van der Waals surface area contributed by atoms with E-state index in [0.717, 1.165) is 36.3 Å². The summed E-state index contributed by atoms with van der Waals surface area (Å²) in [6.07, 6.45) is 7.27. The lowest BCUT2D eigenvalue weighted by Gasteiger charge is -2.29. The molecule has 0 amide bonds. The summed E-state index contributed by atoms with van der Waals surface area (Å²) < 4.78 is 4.66. The van der Waals surface area contributed by atoms with Crippen LogP contribution in [-0.2, 0) is 25.6 Å². The summed E-state index contributed by atoms with van der Waals surface area (Å²) in [6.45, 7) is 8.62. The molecule has 11 nitrogen and oxygen atoms in total. The van der Waals surface area contributed by atoms with E-state index in [1.54, 1.807) is 19.3 Å². The highest BCUT2D eigenvalue weighted by Gasteiger charge is 2.31. The normalized spacial score (nSPS) is 19.1. The summed E-state index contributed by atoms with van der Waals surface area (Å²) in [7, 11) is 3.66. The van der Waals surface area contributed by atoms with E-state index in [1.165, 1.54) is 9.36 Å². The Balaban J connectivity index is 1.34. The molecule has 0 bridgehead atoms. The average molecular weight is 569 g/mol. The number of nitrogens with one attached hydrogen (secondary N) is 1. The van der Waals surface area contributed by atoms with Gasteiger partial charge in [0.15, 0.2) is 5.82 Å². The predicted octanol–water partition coefficient (Wildman–Crippen LogP) is 2.98. The molecule has 1 aromatic carbocycles.